The minimum absolute atomic E-state index is 0.0565. The molecule has 0 bridgehead atoms. The summed E-state index contributed by atoms with van der Waals surface area (Å²) in [5, 5.41) is 12.3. The molecule has 2 aromatic rings. The minimum atomic E-state index is -3.08. The summed E-state index contributed by atoms with van der Waals surface area (Å²) < 4.78 is 24.2. The van der Waals surface area contributed by atoms with Gasteiger partial charge < -0.3 is 4.90 Å². The SMILES string of the molecule is O=[N+]([O-])c1ccc(CSC2=NC3CS(=O)(=O)CC3N2Cc2ccc(Cl)cc2)cc1. The zero-order chi connectivity index (χ0) is 20.6. The van der Waals surface area contributed by atoms with E-state index in [0.29, 0.717) is 17.3 Å². The van der Waals surface area contributed by atoms with Crippen molar-refractivity contribution in [1.29, 1.82) is 0 Å². The number of non-ortho nitro benzene ring substituents is 1. The average molecular weight is 452 g/mol. The van der Waals surface area contributed by atoms with Gasteiger partial charge in [0.15, 0.2) is 15.0 Å². The number of thioether (sulfide) groups is 1. The first-order valence-corrected chi connectivity index (χ1v) is 12.1. The molecule has 4 rings (SSSR count). The molecule has 0 amide bonds. The van der Waals surface area contributed by atoms with Crippen molar-refractivity contribution in [3.63, 3.8) is 0 Å². The molecule has 2 aliphatic heterocycles. The molecule has 152 valence electrons. The largest absolute Gasteiger partial charge is 0.341 e. The van der Waals surface area contributed by atoms with Gasteiger partial charge >= 0.3 is 0 Å². The van der Waals surface area contributed by atoms with Crippen molar-refractivity contribution in [2.24, 2.45) is 4.99 Å². The van der Waals surface area contributed by atoms with Gasteiger partial charge in [-0.2, -0.15) is 0 Å². The molecule has 1 saturated heterocycles. The van der Waals surface area contributed by atoms with Gasteiger partial charge in [-0.15, -0.1) is 0 Å². The topological polar surface area (TPSA) is 92.9 Å². The van der Waals surface area contributed by atoms with E-state index in [1.807, 2.05) is 24.3 Å². The lowest BCUT2D eigenvalue weighted by atomic mass is 10.1. The number of sulfone groups is 1. The number of nitro groups is 1. The van der Waals surface area contributed by atoms with Crippen LogP contribution in [0.4, 0.5) is 5.69 Å². The van der Waals surface area contributed by atoms with Gasteiger partial charge in [0, 0.05) is 29.5 Å². The maximum absolute atomic E-state index is 12.1. The second-order valence-electron chi connectivity index (χ2n) is 7.09. The molecule has 2 atom stereocenters. The Balaban J connectivity index is 1.51. The van der Waals surface area contributed by atoms with E-state index >= 15 is 0 Å². The predicted molar refractivity (Wildman–Crippen MR) is 115 cm³/mol. The highest BCUT2D eigenvalue weighted by Gasteiger charge is 2.46. The van der Waals surface area contributed by atoms with Crippen LogP contribution < -0.4 is 0 Å². The smallest absolute Gasteiger partial charge is 0.269 e. The third-order valence-electron chi connectivity index (χ3n) is 5.00. The highest BCUT2D eigenvalue weighted by Crippen LogP contribution is 2.33. The van der Waals surface area contributed by atoms with Crippen LogP contribution in [0.15, 0.2) is 53.5 Å². The molecule has 0 radical (unpaired) electrons. The number of hydrogen-bond acceptors (Lipinski definition) is 7. The number of fused-ring (bicyclic) bond motifs is 1. The Kier molecular flexibility index (Phi) is 5.54. The molecule has 2 heterocycles. The monoisotopic (exact) mass is 451 g/mol. The first-order chi connectivity index (χ1) is 13.8. The zero-order valence-electron chi connectivity index (χ0n) is 15.3. The van der Waals surface area contributed by atoms with Crippen LogP contribution in [-0.2, 0) is 22.1 Å². The molecule has 29 heavy (non-hydrogen) atoms. The van der Waals surface area contributed by atoms with Crippen LogP contribution in [0.1, 0.15) is 11.1 Å². The third-order valence-corrected chi connectivity index (χ3v) is 8.02. The summed E-state index contributed by atoms with van der Waals surface area (Å²) in [6.45, 7) is 0.556. The van der Waals surface area contributed by atoms with Gasteiger partial charge in [0.25, 0.3) is 5.69 Å². The Hall–Kier alpha value is -2.10. The lowest BCUT2D eigenvalue weighted by molar-refractivity contribution is -0.384. The quantitative estimate of drug-likeness (QED) is 0.510. The van der Waals surface area contributed by atoms with E-state index in [-0.39, 0.29) is 29.3 Å². The molecule has 0 saturated carbocycles. The number of nitrogens with zero attached hydrogens (tertiary/aromatic N) is 3. The fourth-order valence-corrected chi connectivity index (χ4v) is 6.61. The summed E-state index contributed by atoms with van der Waals surface area (Å²) in [7, 11) is -3.08. The van der Waals surface area contributed by atoms with Crippen molar-refractivity contribution in [2.45, 2.75) is 24.4 Å². The van der Waals surface area contributed by atoms with Crippen LogP contribution >= 0.6 is 23.4 Å². The number of hydrogen-bond donors (Lipinski definition) is 0. The molecule has 2 unspecified atom stereocenters. The Morgan fingerprint density at radius 1 is 1.10 bits per heavy atom. The molecule has 1 fully saturated rings. The van der Waals surface area contributed by atoms with Crippen LogP contribution in [0.3, 0.4) is 0 Å². The number of amidine groups is 1. The predicted octanol–water partition coefficient (Wildman–Crippen LogP) is 3.52. The lowest BCUT2D eigenvalue weighted by Gasteiger charge is -2.26. The van der Waals surface area contributed by atoms with Crippen molar-refractivity contribution in [2.75, 3.05) is 11.5 Å². The van der Waals surface area contributed by atoms with Gasteiger partial charge in [0.1, 0.15) is 0 Å². The second kappa shape index (κ2) is 7.97. The average Bonchev–Trinajstić information content (AvgIpc) is 3.14. The Morgan fingerprint density at radius 3 is 2.41 bits per heavy atom. The number of aliphatic imine (C=N–C) groups is 1. The van der Waals surface area contributed by atoms with Crippen molar-refractivity contribution < 1.29 is 13.3 Å². The Bertz CT molecular complexity index is 1060. The van der Waals surface area contributed by atoms with E-state index in [4.69, 9.17) is 16.6 Å². The summed E-state index contributed by atoms with van der Waals surface area (Å²) in [4.78, 5) is 17.1. The summed E-state index contributed by atoms with van der Waals surface area (Å²) in [5.41, 5.74) is 2.03. The van der Waals surface area contributed by atoms with E-state index in [1.165, 1.54) is 23.9 Å². The Labute approximate surface area is 177 Å². The molecule has 0 N–H and O–H groups in total. The first-order valence-electron chi connectivity index (χ1n) is 8.96. The molecule has 2 aliphatic rings. The summed E-state index contributed by atoms with van der Waals surface area (Å²) >= 11 is 7.49. The van der Waals surface area contributed by atoms with E-state index < -0.39 is 14.8 Å². The molecule has 10 heteroatoms. The number of benzene rings is 2. The van der Waals surface area contributed by atoms with Gasteiger partial charge in [-0.3, -0.25) is 15.1 Å². The maximum Gasteiger partial charge on any atom is 0.269 e. The van der Waals surface area contributed by atoms with E-state index in [2.05, 4.69) is 4.90 Å². The zero-order valence-corrected chi connectivity index (χ0v) is 17.7. The maximum atomic E-state index is 12.1. The molecule has 0 spiro atoms. The summed E-state index contributed by atoms with van der Waals surface area (Å²) in [6.07, 6.45) is 0. The first kappa shape index (κ1) is 20.2. The molecule has 0 aliphatic carbocycles. The fraction of sp³-hybridized carbons (Fsp3) is 0.316. The molecule has 2 aromatic carbocycles. The standard InChI is InChI=1S/C19H18ClN3O4S2/c20-15-5-1-13(2-6-15)9-22-18-12-29(26,27)11-17(18)21-19(22)28-10-14-3-7-16(8-4-14)23(24)25/h1-8,17-18H,9-12H2. The number of rotatable bonds is 5. The fourth-order valence-electron chi connectivity index (χ4n) is 3.54. The van der Waals surface area contributed by atoms with E-state index in [9.17, 15) is 18.5 Å². The van der Waals surface area contributed by atoms with Gasteiger partial charge in [0.05, 0.1) is 28.5 Å². The number of halogens is 1. The van der Waals surface area contributed by atoms with Crippen LogP contribution in [-0.4, -0.2) is 47.0 Å². The number of nitro benzene ring substituents is 1. The van der Waals surface area contributed by atoms with Gasteiger partial charge in [0.2, 0.25) is 0 Å². The van der Waals surface area contributed by atoms with Crippen LogP contribution in [0.5, 0.6) is 0 Å². The lowest BCUT2D eigenvalue weighted by Crippen LogP contribution is -2.38. The summed E-state index contributed by atoms with van der Waals surface area (Å²) in [6, 6.07) is 13.5. The summed E-state index contributed by atoms with van der Waals surface area (Å²) in [5.74, 6) is 0.785. The van der Waals surface area contributed by atoms with Crippen molar-refractivity contribution in [1.82, 2.24) is 4.90 Å². The Morgan fingerprint density at radius 2 is 1.76 bits per heavy atom. The van der Waals surface area contributed by atoms with Crippen molar-refractivity contribution >= 4 is 44.1 Å². The highest BCUT2D eigenvalue weighted by molar-refractivity contribution is 8.13. The van der Waals surface area contributed by atoms with Crippen molar-refractivity contribution in [3.05, 3.63) is 74.8 Å². The van der Waals surface area contributed by atoms with Gasteiger partial charge in [-0.25, -0.2) is 8.42 Å². The second-order valence-corrected chi connectivity index (χ2v) is 10.6. The highest BCUT2D eigenvalue weighted by atomic mass is 35.5. The van der Waals surface area contributed by atoms with Crippen LogP contribution in [0.2, 0.25) is 5.02 Å². The van der Waals surface area contributed by atoms with Gasteiger partial charge in [-0.1, -0.05) is 47.6 Å². The van der Waals surface area contributed by atoms with Crippen LogP contribution in [0, 0.1) is 10.1 Å². The molecule has 7 nitrogen and oxygen atoms in total. The molecular formula is C19H18ClN3O4S2. The van der Waals surface area contributed by atoms with Gasteiger partial charge in [-0.05, 0) is 23.3 Å². The third kappa shape index (κ3) is 4.57. The van der Waals surface area contributed by atoms with Crippen molar-refractivity contribution in [3.8, 4) is 0 Å². The minimum Gasteiger partial charge on any atom is -0.341 e. The van der Waals surface area contributed by atoms with E-state index in [1.54, 1.807) is 12.1 Å². The normalized spacial score (nSPS) is 22.4. The van der Waals surface area contributed by atoms with Crippen LogP contribution in [0.25, 0.3) is 0 Å². The molecule has 0 aromatic heterocycles. The molecular weight excluding hydrogens is 434 g/mol. The van der Waals surface area contributed by atoms with E-state index in [0.717, 1.165) is 16.3 Å².